The lowest BCUT2D eigenvalue weighted by molar-refractivity contribution is 0.480. The second kappa shape index (κ2) is 5.67. The largest absolute Gasteiger partial charge is 0.354 e. The van der Waals surface area contributed by atoms with Crippen molar-refractivity contribution < 1.29 is 0 Å². The van der Waals surface area contributed by atoms with E-state index in [0.29, 0.717) is 11.2 Å². The number of piperidine rings is 1. The van der Waals surface area contributed by atoms with Crippen molar-refractivity contribution in [2.24, 2.45) is 0 Å². The highest BCUT2D eigenvalue weighted by atomic mass is 35.5. The van der Waals surface area contributed by atoms with Gasteiger partial charge in [0.15, 0.2) is 0 Å². The molecule has 0 aliphatic carbocycles. The van der Waals surface area contributed by atoms with E-state index < -0.39 is 0 Å². The van der Waals surface area contributed by atoms with Gasteiger partial charge < -0.3 is 4.90 Å². The summed E-state index contributed by atoms with van der Waals surface area (Å²) in [5.74, 6) is 1.87. The highest BCUT2D eigenvalue weighted by Crippen LogP contribution is 2.24. The molecule has 1 saturated heterocycles. The predicted octanol–water partition coefficient (Wildman–Crippen LogP) is 3.46. The van der Waals surface area contributed by atoms with Gasteiger partial charge in [-0.2, -0.15) is 0 Å². The molecular weight excluding hydrogens is 234 g/mol. The maximum absolute atomic E-state index is 6.07. The van der Waals surface area contributed by atoms with Gasteiger partial charge in [-0.25, -0.2) is 9.97 Å². The third-order valence-corrected chi connectivity index (χ3v) is 3.49. The molecule has 4 heteroatoms. The van der Waals surface area contributed by atoms with Crippen molar-refractivity contribution in [3.63, 3.8) is 0 Å². The Morgan fingerprint density at radius 1 is 1.41 bits per heavy atom. The lowest BCUT2D eigenvalue weighted by Gasteiger charge is -2.34. The van der Waals surface area contributed by atoms with Crippen molar-refractivity contribution in [3.8, 4) is 0 Å². The average Bonchev–Trinajstić information content (AvgIpc) is 2.29. The zero-order chi connectivity index (χ0) is 12.3. The molecule has 0 radical (unpaired) electrons. The van der Waals surface area contributed by atoms with Gasteiger partial charge >= 0.3 is 0 Å². The van der Waals surface area contributed by atoms with Crippen LogP contribution in [0, 0.1) is 0 Å². The van der Waals surface area contributed by atoms with Gasteiger partial charge in [0.25, 0.3) is 0 Å². The van der Waals surface area contributed by atoms with Gasteiger partial charge in [0, 0.05) is 25.1 Å². The Bertz CT molecular complexity index is 381. The SMILES string of the molecule is CCCc1nc(Cl)cc(N2CCCCC2C)n1. The molecule has 1 aromatic rings. The first-order valence-corrected chi connectivity index (χ1v) is 6.88. The van der Waals surface area contributed by atoms with Crippen LogP contribution in [0.3, 0.4) is 0 Å². The zero-order valence-electron chi connectivity index (χ0n) is 10.6. The molecule has 0 bridgehead atoms. The standard InChI is InChI=1S/C13H20ClN3/c1-3-6-12-15-11(14)9-13(16-12)17-8-5-4-7-10(17)2/h9-10H,3-8H2,1-2H3. The fourth-order valence-corrected chi connectivity index (χ4v) is 2.57. The third-order valence-electron chi connectivity index (χ3n) is 3.30. The lowest BCUT2D eigenvalue weighted by atomic mass is 10.0. The Kier molecular flexibility index (Phi) is 4.21. The van der Waals surface area contributed by atoms with E-state index in [2.05, 4.69) is 28.7 Å². The number of nitrogens with zero attached hydrogens (tertiary/aromatic N) is 3. The molecule has 2 heterocycles. The number of rotatable bonds is 3. The van der Waals surface area contributed by atoms with E-state index in [4.69, 9.17) is 11.6 Å². The lowest BCUT2D eigenvalue weighted by Crippen LogP contribution is -2.38. The van der Waals surface area contributed by atoms with E-state index in [9.17, 15) is 0 Å². The summed E-state index contributed by atoms with van der Waals surface area (Å²) in [5.41, 5.74) is 0. The molecule has 0 aromatic carbocycles. The summed E-state index contributed by atoms with van der Waals surface area (Å²) in [6.45, 7) is 5.47. The summed E-state index contributed by atoms with van der Waals surface area (Å²) in [6, 6.07) is 2.45. The molecule has 94 valence electrons. The van der Waals surface area contributed by atoms with Crippen LogP contribution in [0.4, 0.5) is 5.82 Å². The molecule has 0 N–H and O–H groups in total. The zero-order valence-corrected chi connectivity index (χ0v) is 11.4. The molecule has 0 spiro atoms. The van der Waals surface area contributed by atoms with Crippen LogP contribution in [0.25, 0.3) is 0 Å². The minimum absolute atomic E-state index is 0.559. The molecule has 1 fully saturated rings. The molecule has 0 saturated carbocycles. The monoisotopic (exact) mass is 253 g/mol. The molecule has 1 aliphatic heterocycles. The van der Waals surface area contributed by atoms with Gasteiger partial charge in [0.1, 0.15) is 16.8 Å². The van der Waals surface area contributed by atoms with Crippen molar-refractivity contribution in [1.29, 1.82) is 0 Å². The molecule has 1 atom stereocenters. The fraction of sp³-hybridized carbons (Fsp3) is 0.692. The first-order chi connectivity index (χ1) is 8.20. The second-order valence-electron chi connectivity index (χ2n) is 4.75. The summed E-state index contributed by atoms with van der Waals surface area (Å²) < 4.78 is 0. The van der Waals surface area contributed by atoms with Gasteiger partial charge in [-0.05, 0) is 32.6 Å². The Morgan fingerprint density at radius 3 is 2.94 bits per heavy atom. The Hall–Kier alpha value is -0.830. The van der Waals surface area contributed by atoms with Gasteiger partial charge in [0.2, 0.25) is 0 Å². The van der Waals surface area contributed by atoms with Crippen LogP contribution in [0.5, 0.6) is 0 Å². The van der Waals surface area contributed by atoms with Crippen molar-refractivity contribution in [3.05, 3.63) is 17.0 Å². The van der Waals surface area contributed by atoms with E-state index >= 15 is 0 Å². The summed E-state index contributed by atoms with van der Waals surface area (Å²) in [4.78, 5) is 11.3. The molecule has 0 amide bonds. The Morgan fingerprint density at radius 2 is 2.24 bits per heavy atom. The van der Waals surface area contributed by atoms with Crippen LogP contribution in [0.2, 0.25) is 5.15 Å². The van der Waals surface area contributed by atoms with Gasteiger partial charge in [-0.1, -0.05) is 18.5 Å². The van der Waals surface area contributed by atoms with Crippen molar-refractivity contribution in [2.75, 3.05) is 11.4 Å². The number of hydrogen-bond donors (Lipinski definition) is 0. The Balaban J connectivity index is 2.24. The van der Waals surface area contributed by atoms with Crippen LogP contribution in [0.15, 0.2) is 6.07 Å². The highest BCUT2D eigenvalue weighted by Gasteiger charge is 2.20. The minimum Gasteiger partial charge on any atom is -0.354 e. The van der Waals surface area contributed by atoms with Crippen LogP contribution in [-0.4, -0.2) is 22.6 Å². The molecule has 2 rings (SSSR count). The van der Waals surface area contributed by atoms with Crippen LogP contribution >= 0.6 is 11.6 Å². The van der Waals surface area contributed by atoms with Crippen molar-refractivity contribution >= 4 is 17.4 Å². The van der Waals surface area contributed by atoms with E-state index in [1.54, 1.807) is 0 Å². The number of aryl methyl sites for hydroxylation is 1. The summed E-state index contributed by atoms with van der Waals surface area (Å²) >= 11 is 6.07. The first-order valence-electron chi connectivity index (χ1n) is 6.51. The first kappa shape index (κ1) is 12.6. The van der Waals surface area contributed by atoms with Gasteiger partial charge in [0.05, 0.1) is 0 Å². The van der Waals surface area contributed by atoms with Gasteiger partial charge in [-0.3, -0.25) is 0 Å². The van der Waals surface area contributed by atoms with E-state index in [-0.39, 0.29) is 0 Å². The van der Waals surface area contributed by atoms with E-state index in [1.165, 1.54) is 19.3 Å². The molecule has 3 nitrogen and oxygen atoms in total. The van der Waals surface area contributed by atoms with Crippen molar-refractivity contribution in [1.82, 2.24) is 9.97 Å². The maximum Gasteiger partial charge on any atom is 0.134 e. The van der Waals surface area contributed by atoms with Crippen LogP contribution < -0.4 is 4.90 Å². The van der Waals surface area contributed by atoms with Crippen molar-refractivity contribution in [2.45, 2.75) is 52.0 Å². The topological polar surface area (TPSA) is 29.0 Å². The molecule has 1 unspecified atom stereocenters. The van der Waals surface area contributed by atoms with Gasteiger partial charge in [-0.15, -0.1) is 0 Å². The molecule has 17 heavy (non-hydrogen) atoms. The molecule has 1 aromatic heterocycles. The second-order valence-corrected chi connectivity index (χ2v) is 5.14. The number of hydrogen-bond acceptors (Lipinski definition) is 3. The summed E-state index contributed by atoms with van der Waals surface area (Å²) in [6.07, 6.45) is 5.75. The predicted molar refractivity (Wildman–Crippen MR) is 71.7 cm³/mol. The summed E-state index contributed by atoms with van der Waals surface area (Å²) in [7, 11) is 0. The highest BCUT2D eigenvalue weighted by molar-refractivity contribution is 6.29. The molecular formula is C13H20ClN3. The summed E-state index contributed by atoms with van der Waals surface area (Å²) in [5, 5.41) is 0.566. The average molecular weight is 254 g/mol. The number of aromatic nitrogens is 2. The maximum atomic E-state index is 6.07. The minimum atomic E-state index is 0.559. The van der Waals surface area contributed by atoms with E-state index in [0.717, 1.165) is 31.0 Å². The number of anilines is 1. The van der Waals surface area contributed by atoms with Crippen LogP contribution in [-0.2, 0) is 6.42 Å². The third kappa shape index (κ3) is 3.09. The fourth-order valence-electron chi connectivity index (χ4n) is 2.37. The molecule has 1 aliphatic rings. The smallest absolute Gasteiger partial charge is 0.134 e. The Labute approximate surface area is 108 Å². The van der Waals surface area contributed by atoms with E-state index in [1.807, 2.05) is 6.07 Å². The van der Waals surface area contributed by atoms with Crippen LogP contribution in [0.1, 0.15) is 45.4 Å². The quantitative estimate of drug-likeness (QED) is 0.773. The number of halogens is 1. The normalized spacial score (nSPS) is 20.6.